The number of ether oxygens (including phenoxy) is 1. The smallest absolute Gasteiger partial charge is 0.336 e. The first kappa shape index (κ1) is 18.4. The molecule has 0 N–H and O–H groups in total. The number of para-hydroxylation sites is 2. The molecular formula is C22H16N4O3S. The summed E-state index contributed by atoms with van der Waals surface area (Å²) in [5.41, 5.74) is 1.81. The SMILES string of the molecule is COc1ccccc1-n1nnnc1SCc1cc(=O)oc2ccc3ccccc3c12. The number of methoxy groups -OCH3 is 1. The van der Waals surface area contributed by atoms with Crippen molar-refractivity contribution < 1.29 is 9.15 Å². The molecule has 0 atom stereocenters. The fraction of sp³-hybridized carbons (Fsp3) is 0.0909. The van der Waals surface area contributed by atoms with Gasteiger partial charge in [0.05, 0.1) is 7.11 Å². The van der Waals surface area contributed by atoms with Crippen molar-refractivity contribution in [2.75, 3.05) is 7.11 Å². The topological polar surface area (TPSA) is 83.0 Å². The van der Waals surface area contributed by atoms with E-state index in [-0.39, 0.29) is 5.63 Å². The fourth-order valence-electron chi connectivity index (χ4n) is 3.50. The molecule has 0 aliphatic carbocycles. The van der Waals surface area contributed by atoms with Gasteiger partial charge in [-0.1, -0.05) is 54.2 Å². The van der Waals surface area contributed by atoms with E-state index >= 15 is 0 Å². The lowest BCUT2D eigenvalue weighted by Crippen LogP contribution is -2.03. The third-order valence-electron chi connectivity index (χ3n) is 4.83. The number of thioether (sulfide) groups is 1. The molecule has 0 spiro atoms. The maximum Gasteiger partial charge on any atom is 0.336 e. The van der Waals surface area contributed by atoms with E-state index in [1.807, 2.05) is 60.7 Å². The zero-order valence-corrected chi connectivity index (χ0v) is 16.8. The molecule has 2 aromatic heterocycles. The number of hydrogen-bond donors (Lipinski definition) is 0. The van der Waals surface area contributed by atoms with E-state index in [0.717, 1.165) is 27.4 Å². The Balaban J connectivity index is 1.57. The summed E-state index contributed by atoms with van der Waals surface area (Å²) < 4.78 is 12.5. The summed E-state index contributed by atoms with van der Waals surface area (Å²) in [6.07, 6.45) is 0. The Hall–Kier alpha value is -3.65. The van der Waals surface area contributed by atoms with Crippen molar-refractivity contribution >= 4 is 33.5 Å². The van der Waals surface area contributed by atoms with Crippen molar-refractivity contribution in [3.05, 3.63) is 82.7 Å². The molecule has 8 heteroatoms. The largest absolute Gasteiger partial charge is 0.494 e. The lowest BCUT2D eigenvalue weighted by Gasteiger charge is -2.10. The minimum absolute atomic E-state index is 0.377. The highest BCUT2D eigenvalue weighted by atomic mass is 32.2. The first-order valence-electron chi connectivity index (χ1n) is 9.23. The van der Waals surface area contributed by atoms with E-state index in [2.05, 4.69) is 15.5 Å². The molecule has 0 aliphatic heterocycles. The summed E-state index contributed by atoms with van der Waals surface area (Å²) >= 11 is 1.44. The van der Waals surface area contributed by atoms with Gasteiger partial charge in [0.2, 0.25) is 5.16 Å². The Morgan fingerprint density at radius 2 is 1.90 bits per heavy atom. The van der Waals surface area contributed by atoms with E-state index in [4.69, 9.17) is 9.15 Å². The van der Waals surface area contributed by atoms with E-state index in [9.17, 15) is 4.79 Å². The third kappa shape index (κ3) is 3.21. The Morgan fingerprint density at radius 3 is 2.80 bits per heavy atom. The van der Waals surface area contributed by atoms with Gasteiger partial charge in [0, 0.05) is 17.2 Å². The van der Waals surface area contributed by atoms with Gasteiger partial charge in [-0.3, -0.25) is 0 Å². The first-order valence-corrected chi connectivity index (χ1v) is 10.2. The van der Waals surface area contributed by atoms with Gasteiger partial charge in [-0.25, -0.2) is 4.79 Å². The number of hydrogen-bond acceptors (Lipinski definition) is 7. The fourth-order valence-corrected chi connectivity index (χ4v) is 4.36. The average molecular weight is 416 g/mol. The van der Waals surface area contributed by atoms with Crippen LogP contribution >= 0.6 is 11.8 Å². The minimum Gasteiger partial charge on any atom is -0.494 e. The van der Waals surface area contributed by atoms with Gasteiger partial charge < -0.3 is 9.15 Å². The molecule has 0 radical (unpaired) electrons. The number of rotatable bonds is 5. The molecule has 2 heterocycles. The number of benzene rings is 3. The molecule has 30 heavy (non-hydrogen) atoms. The molecule has 3 aromatic carbocycles. The lowest BCUT2D eigenvalue weighted by atomic mass is 10.0. The monoisotopic (exact) mass is 416 g/mol. The lowest BCUT2D eigenvalue weighted by molar-refractivity contribution is 0.410. The van der Waals surface area contributed by atoms with Crippen molar-refractivity contribution in [1.29, 1.82) is 0 Å². The highest BCUT2D eigenvalue weighted by Crippen LogP contribution is 2.32. The minimum atomic E-state index is -0.377. The van der Waals surface area contributed by atoms with Crippen LogP contribution in [0.15, 0.2) is 81.1 Å². The van der Waals surface area contributed by atoms with E-state index in [1.54, 1.807) is 17.9 Å². The second-order valence-corrected chi connectivity index (χ2v) is 7.53. The molecule has 7 nitrogen and oxygen atoms in total. The zero-order chi connectivity index (χ0) is 20.5. The van der Waals surface area contributed by atoms with Crippen LogP contribution in [0.2, 0.25) is 0 Å². The molecular weight excluding hydrogens is 400 g/mol. The van der Waals surface area contributed by atoms with Crippen LogP contribution < -0.4 is 10.4 Å². The predicted molar refractivity (Wildman–Crippen MR) is 115 cm³/mol. The quantitative estimate of drug-likeness (QED) is 0.241. The van der Waals surface area contributed by atoms with E-state index < -0.39 is 0 Å². The van der Waals surface area contributed by atoms with Crippen LogP contribution in [-0.2, 0) is 5.75 Å². The maximum atomic E-state index is 12.1. The predicted octanol–water partition coefficient (Wildman–Crippen LogP) is 4.22. The highest BCUT2D eigenvalue weighted by Gasteiger charge is 2.15. The molecule has 148 valence electrons. The van der Waals surface area contributed by atoms with Gasteiger partial charge in [-0.15, -0.1) is 5.10 Å². The van der Waals surface area contributed by atoms with Gasteiger partial charge in [0.1, 0.15) is 17.0 Å². The van der Waals surface area contributed by atoms with Crippen molar-refractivity contribution in [3.8, 4) is 11.4 Å². The third-order valence-corrected chi connectivity index (χ3v) is 5.79. The highest BCUT2D eigenvalue weighted by molar-refractivity contribution is 7.98. The number of fused-ring (bicyclic) bond motifs is 3. The van der Waals surface area contributed by atoms with E-state index in [0.29, 0.717) is 22.2 Å². The van der Waals surface area contributed by atoms with Crippen LogP contribution in [0.4, 0.5) is 0 Å². The summed E-state index contributed by atoms with van der Waals surface area (Å²) in [6, 6.07) is 20.9. The average Bonchev–Trinajstić information content (AvgIpc) is 3.25. The van der Waals surface area contributed by atoms with Crippen molar-refractivity contribution in [1.82, 2.24) is 20.2 Å². The van der Waals surface area contributed by atoms with Crippen LogP contribution in [0, 0.1) is 0 Å². The van der Waals surface area contributed by atoms with Crippen LogP contribution in [0.3, 0.4) is 0 Å². The number of aromatic nitrogens is 4. The Morgan fingerprint density at radius 1 is 1.07 bits per heavy atom. The number of nitrogens with zero attached hydrogens (tertiary/aromatic N) is 4. The molecule has 0 fully saturated rings. The Bertz CT molecular complexity index is 1430. The summed E-state index contributed by atoms with van der Waals surface area (Å²) in [7, 11) is 1.61. The second-order valence-electron chi connectivity index (χ2n) is 6.58. The van der Waals surface area contributed by atoms with Gasteiger partial charge in [0.25, 0.3) is 0 Å². The molecule has 5 aromatic rings. The maximum absolute atomic E-state index is 12.1. The second kappa shape index (κ2) is 7.64. The summed E-state index contributed by atoms with van der Waals surface area (Å²) in [4.78, 5) is 12.1. The normalized spacial score (nSPS) is 11.2. The molecule has 0 amide bonds. The van der Waals surface area contributed by atoms with Gasteiger partial charge in [-0.05, 0) is 45.0 Å². The Kier molecular flexibility index (Phi) is 4.68. The van der Waals surface area contributed by atoms with Crippen LogP contribution in [0.1, 0.15) is 5.56 Å². The molecule has 5 rings (SSSR count). The van der Waals surface area contributed by atoms with Crippen molar-refractivity contribution in [2.24, 2.45) is 0 Å². The van der Waals surface area contributed by atoms with Gasteiger partial charge in [-0.2, -0.15) is 4.68 Å². The summed E-state index contributed by atoms with van der Waals surface area (Å²) in [5, 5.41) is 15.7. The molecule has 0 saturated carbocycles. The molecule has 0 unspecified atom stereocenters. The van der Waals surface area contributed by atoms with Crippen molar-refractivity contribution in [3.63, 3.8) is 0 Å². The Labute approximate surface area is 175 Å². The number of tetrazole rings is 1. The van der Waals surface area contributed by atoms with Crippen LogP contribution in [-0.4, -0.2) is 27.3 Å². The first-order chi connectivity index (χ1) is 14.7. The van der Waals surface area contributed by atoms with Gasteiger partial charge >= 0.3 is 5.63 Å². The molecule has 0 aliphatic rings. The zero-order valence-electron chi connectivity index (χ0n) is 16.0. The van der Waals surface area contributed by atoms with Gasteiger partial charge in [0.15, 0.2) is 0 Å². The summed E-state index contributed by atoms with van der Waals surface area (Å²) in [5.74, 6) is 1.18. The van der Waals surface area contributed by atoms with E-state index in [1.165, 1.54) is 11.8 Å². The van der Waals surface area contributed by atoms with Crippen molar-refractivity contribution in [2.45, 2.75) is 10.9 Å². The van der Waals surface area contributed by atoms with Crippen LogP contribution in [0.5, 0.6) is 5.75 Å². The molecule has 0 saturated heterocycles. The summed E-state index contributed by atoms with van der Waals surface area (Å²) in [6.45, 7) is 0. The van der Waals surface area contributed by atoms with Crippen LogP contribution in [0.25, 0.3) is 27.4 Å². The standard InChI is InChI=1S/C22H16N4O3S/c1-28-18-9-5-4-8-17(18)26-22(23-24-25-26)30-13-15-12-20(27)29-19-11-10-14-6-2-3-7-16(14)21(15)19/h2-12H,13H2,1H3. The molecule has 0 bridgehead atoms.